The minimum Gasteiger partial charge on any atom is -0.495 e. The standard InChI is InChI=1S/C21H19N3O2/c1-26-20-9-5-3-7-17(20)23-16-10-12-22-18(14-16)21(25)24-13-11-15-6-2-4-8-19(15)24/h2-10,12,14H,11,13H2,1H3,(H,22,23). The molecule has 5 heteroatoms. The van der Waals surface area contributed by atoms with Gasteiger partial charge in [-0.05, 0) is 42.3 Å². The Labute approximate surface area is 152 Å². The largest absolute Gasteiger partial charge is 0.495 e. The number of methoxy groups -OCH3 is 1. The number of carbonyl (C=O) groups is 1. The van der Waals surface area contributed by atoms with Crippen LogP contribution in [0.15, 0.2) is 66.9 Å². The number of fused-ring (bicyclic) bond motifs is 1. The minimum absolute atomic E-state index is 0.0846. The Hall–Kier alpha value is -3.34. The van der Waals surface area contributed by atoms with Gasteiger partial charge in [-0.2, -0.15) is 0 Å². The average Bonchev–Trinajstić information content (AvgIpc) is 3.12. The molecule has 3 aromatic rings. The van der Waals surface area contributed by atoms with Crippen LogP contribution in [0.1, 0.15) is 16.1 Å². The molecule has 0 unspecified atom stereocenters. The van der Waals surface area contributed by atoms with Crippen molar-refractivity contribution >= 4 is 23.0 Å². The maximum Gasteiger partial charge on any atom is 0.276 e. The van der Waals surface area contributed by atoms with Crippen molar-refractivity contribution in [3.63, 3.8) is 0 Å². The zero-order valence-electron chi connectivity index (χ0n) is 14.5. The van der Waals surface area contributed by atoms with Crippen molar-refractivity contribution in [2.45, 2.75) is 6.42 Å². The van der Waals surface area contributed by atoms with Gasteiger partial charge in [0.1, 0.15) is 11.4 Å². The summed E-state index contributed by atoms with van der Waals surface area (Å²) < 4.78 is 5.36. The molecule has 1 N–H and O–H groups in total. The predicted molar refractivity (Wildman–Crippen MR) is 102 cm³/mol. The molecule has 1 aromatic heterocycles. The lowest BCUT2D eigenvalue weighted by Gasteiger charge is -2.17. The van der Waals surface area contributed by atoms with Crippen LogP contribution in [0.4, 0.5) is 17.1 Å². The lowest BCUT2D eigenvalue weighted by atomic mass is 10.2. The molecule has 0 spiro atoms. The van der Waals surface area contributed by atoms with Crippen molar-refractivity contribution in [1.29, 1.82) is 0 Å². The number of para-hydroxylation sites is 3. The molecule has 0 radical (unpaired) electrons. The number of carbonyl (C=O) groups excluding carboxylic acids is 1. The van der Waals surface area contributed by atoms with Crippen LogP contribution in [-0.4, -0.2) is 24.5 Å². The molecular formula is C21H19N3O2. The molecule has 0 bridgehead atoms. The summed E-state index contributed by atoms with van der Waals surface area (Å²) in [6.45, 7) is 0.685. The van der Waals surface area contributed by atoms with Gasteiger partial charge in [-0.15, -0.1) is 0 Å². The number of hydrogen-bond acceptors (Lipinski definition) is 4. The third kappa shape index (κ3) is 2.99. The van der Waals surface area contributed by atoms with Crippen LogP contribution in [0.2, 0.25) is 0 Å². The van der Waals surface area contributed by atoms with Crippen LogP contribution in [0.3, 0.4) is 0 Å². The second-order valence-electron chi connectivity index (χ2n) is 6.09. The van der Waals surface area contributed by atoms with Crippen LogP contribution >= 0.6 is 0 Å². The number of amides is 1. The van der Waals surface area contributed by atoms with Crippen molar-refractivity contribution in [1.82, 2.24) is 4.98 Å². The summed E-state index contributed by atoms with van der Waals surface area (Å²) in [4.78, 5) is 19.0. The maximum absolute atomic E-state index is 12.9. The molecule has 5 nitrogen and oxygen atoms in total. The molecular weight excluding hydrogens is 326 g/mol. The van der Waals surface area contributed by atoms with Gasteiger partial charge in [0.2, 0.25) is 0 Å². The van der Waals surface area contributed by atoms with E-state index in [1.807, 2.05) is 48.5 Å². The summed E-state index contributed by atoms with van der Waals surface area (Å²) in [5.74, 6) is 0.657. The van der Waals surface area contributed by atoms with Crippen LogP contribution in [0.25, 0.3) is 0 Å². The first-order chi connectivity index (χ1) is 12.8. The number of pyridine rings is 1. The number of aromatic nitrogens is 1. The third-order valence-electron chi connectivity index (χ3n) is 4.50. The topological polar surface area (TPSA) is 54.5 Å². The Morgan fingerprint density at radius 1 is 1.12 bits per heavy atom. The SMILES string of the molecule is COc1ccccc1Nc1ccnc(C(=O)N2CCc3ccccc32)c1. The van der Waals surface area contributed by atoms with Gasteiger partial charge in [0.05, 0.1) is 12.8 Å². The molecule has 0 saturated heterocycles. The van der Waals surface area contributed by atoms with Crippen molar-refractivity contribution < 1.29 is 9.53 Å². The van der Waals surface area contributed by atoms with Gasteiger partial charge >= 0.3 is 0 Å². The van der Waals surface area contributed by atoms with E-state index in [2.05, 4.69) is 16.4 Å². The van der Waals surface area contributed by atoms with Crippen molar-refractivity contribution in [2.75, 3.05) is 23.9 Å². The number of nitrogens with zero attached hydrogens (tertiary/aromatic N) is 2. The highest BCUT2D eigenvalue weighted by Gasteiger charge is 2.26. The summed E-state index contributed by atoms with van der Waals surface area (Å²) in [7, 11) is 1.63. The molecule has 0 fully saturated rings. The lowest BCUT2D eigenvalue weighted by molar-refractivity contribution is 0.0984. The quantitative estimate of drug-likeness (QED) is 0.775. The van der Waals surface area contributed by atoms with Gasteiger partial charge in [0.15, 0.2) is 0 Å². The zero-order valence-corrected chi connectivity index (χ0v) is 14.5. The van der Waals surface area contributed by atoms with E-state index in [-0.39, 0.29) is 5.91 Å². The smallest absolute Gasteiger partial charge is 0.276 e. The number of anilines is 3. The monoisotopic (exact) mass is 345 g/mol. The second kappa shape index (κ2) is 6.88. The summed E-state index contributed by atoms with van der Waals surface area (Å²) in [5.41, 5.74) is 4.22. The van der Waals surface area contributed by atoms with E-state index in [1.54, 1.807) is 24.3 Å². The summed E-state index contributed by atoms with van der Waals surface area (Å²) in [6.07, 6.45) is 2.52. The first kappa shape index (κ1) is 16.1. The number of ether oxygens (including phenoxy) is 1. The first-order valence-electron chi connectivity index (χ1n) is 8.52. The Bertz CT molecular complexity index is 955. The van der Waals surface area contributed by atoms with E-state index in [1.165, 1.54) is 5.56 Å². The highest BCUT2D eigenvalue weighted by molar-refractivity contribution is 6.06. The molecule has 26 heavy (non-hydrogen) atoms. The van der Waals surface area contributed by atoms with E-state index in [0.717, 1.165) is 29.2 Å². The van der Waals surface area contributed by atoms with Crippen LogP contribution in [0.5, 0.6) is 5.75 Å². The molecule has 130 valence electrons. The Kier molecular flexibility index (Phi) is 4.27. The number of nitrogens with one attached hydrogen (secondary N) is 1. The highest BCUT2D eigenvalue weighted by atomic mass is 16.5. The summed E-state index contributed by atoms with van der Waals surface area (Å²) in [6, 6.07) is 19.3. The predicted octanol–water partition coefficient (Wildman–Crippen LogP) is 4.04. The van der Waals surface area contributed by atoms with Gasteiger partial charge in [-0.25, -0.2) is 0 Å². The summed E-state index contributed by atoms with van der Waals surface area (Å²) in [5, 5.41) is 3.29. The van der Waals surface area contributed by atoms with Gasteiger partial charge in [0.25, 0.3) is 5.91 Å². The highest BCUT2D eigenvalue weighted by Crippen LogP contribution is 2.30. The molecule has 2 heterocycles. The fraction of sp³-hybridized carbons (Fsp3) is 0.143. The first-order valence-corrected chi connectivity index (χ1v) is 8.52. The number of hydrogen-bond donors (Lipinski definition) is 1. The van der Waals surface area contributed by atoms with Crippen molar-refractivity contribution in [3.05, 3.63) is 78.1 Å². The summed E-state index contributed by atoms with van der Waals surface area (Å²) >= 11 is 0. The van der Waals surface area contributed by atoms with Crippen molar-refractivity contribution in [2.24, 2.45) is 0 Å². The van der Waals surface area contributed by atoms with E-state index in [4.69, 9.17) is 4.74 Å². The Balaban J connectivity index is 1.59. The van der Waals surface area contributed by atoms with Gasteiger partial charge < -0.3 is 15.0 Å². The molecule has 1 amide bonds. The van der Waals surface area contributed by atoms with Gasteiger partial charge in [-0.3, -0.25) is 9.78 Å². The van der Waals surface area contributed by atoms with Crippen LogP contribution in [0, 0.1) is 0 Å². The van der Waals surface area contributed by atoms with Gasteiger partial charge in [-0.1, -0.05) is 30.3 Å². The molecule has 2 aromatic carbocycles. The van der Waals surface area contributed by atoms with E-state index < -0.39 is 0 Å². The van der Waals surface area contributed by atoms with Crippen molar-refractivity contribution in [3.8, 4) is 5.75 Å². The molecule has 1 aliphatic heterocycles. The fourth-order valence-electron chi connectivity index (χ4n) is 3.22. The van der Waals surface area contributed by atoms with E-state index in [0.29, 0.717) is 12.2 Å². The van der Waals surface area contributed by atoms with E-state index in [9.17, 15) is 4.79 Å². The normalized spacial score (nSPS) is 12.6. The maximum atomic E-state index is 12.9. The number of benzene rings is 2. The Morgan fingerprint density at radius 2 is 1.92 bits per heavy atom. The van der Waals surface area contributed by atoms with Crippen LogP contribution in [-0.2, 0) is 6.42 Å². The van der Waals surface area contributed by atoms with Gasteiger partial charge in [0, 0.05) is 24.1 Å². The average molecular weight is 345 g/mol. The molecule has 0 aliphatic carbocycles. The molecule has 0 saturated carbocycles. The lowest BCUT2D eigenvalue weighted by Crippen LogP contribution is -2.29. The fourth-order valence-corrected chi connectivity index (χ4v) is 3.22. The number of rotatable bonds is 4. The molecule has 1 aliphatic rings. The second-order valence-corrected chi connectivity index (χ2v) is 6.09. The third-order valence-corrected chi connectivity index (χ3v) is 4.50. The zero-order chi connectivity index (χ0) is 17.9. The minimum atomic E-state index is -0.0846. The molecule has 4 rings (SSSR count). The van der Waals surface area contributed by atoms with E-state index >= 15 is 0 Å². The Morgan fingerprint density at radius 3 is 2.81 bits per heavy atom. The van der Waals surface area contributed by atoms with Crippen LogP contribution < -0.4 is 15.0 Å². The molecule has 0 atom stereocenters.